The molecule has 1 aliphatic heterocycles. The van der Waals surface area contributed by atoms with Crippen molar-refractivity contribution in [1.29, 1.82) is 0 Å². The van der Waals surface area contributed by atoms with Gasteiger partial charge in [0.2, 0.25) is 0 Å². The van der Waals surface area contributed by atoms with E-state index in [4.69, 9.17) is 0 Å². The van der Waals surface area contributed by atoms with Gasteiger partial charge in [0.1, 0.15) is 0 Å². The van der Waals surface area contributed by atoms with Crippen molar-refractivity contribution < 1.29 is 22.8 Å². The molecular formula is C20H20F3N3O2. The van der Waals surface area contributed by atoms with Crippen molar-refractivity contribution in [3.05, 3.63) is 65.7 Å². The number of nitrogens with zero attached hydrogens (tertiary/aromatic N) is 1. The molecule has 2 aromatic carbocycles. The van der Waals surface area contributed by atoms with E-state index in [1.165, 1.54) is 12.1 Å². The minimum Gasteiger partial charge on any atom is -0.338 e. The van der Waals surface area contributed by atoms with E-state index >= 15 is 0 Å². The Kier molecular flexibility index (Phi) is 5.87. The molecule has 0 bridgehead atoms. The second kappa shape index (κ2) is 8.33. The van der Waals surface area contributed by atoms with Gasteiger partial charge in [0.05, 0.1) is 5.56 Å². The van der Waals surface area contributed by atoms with Crippen LogP contribution < -0.4 is 10.6 Å². The minimum atomic E-state index is -4.47. The average Bonchev–Trinajstić information content (AvgIpc) is 2.68. The number of likely N-dealkylation sites (tertiary alicyclic amines) is 1. The van der Waals surface area contributed by atoms with Crippen molar-refractivity contribution >= 4 is 17.6 Å². The Labute approximate surface area is 160 Å². The normalized spacial score (nSPS) is 15.2. The van der Waals surface area contributed by atoms with Crippen LogP contribution in [-0.4, -0.2) is 36.0 Å². The summed E-state index contributed by atoms with van der Waals surface area (Å²) in [5, 5.41) is 5.19. The molecule has 1 saturated heterocycles. The number of hydrogen-bond acceptors (Lipinski definition) is 2. The van der Waals surface area contributed by atoms with Crippen molar-refractivity contribution in [2.45, 2.75) is 25.1 Å². The Bertz CT molecular complexity index is 832. The molecule has 0 saturated carbocycles. The van der Waals surface area contributed by atoms with Gasteiger partial charge < -0.3 is 15.5 Å². The van der Waals surface area contributed by atoms with Crippen molar-refractivity contribution in [3.8, 4) is 0 Å². The molecule has 0 unspecified atom stereocenters. The zero-order valence-corrected chi connectivity index (χ0v) is 15.0. The highest BCUT2D eigenvalue weighted by atomic mass is 19.4. The molecule has 1 fully saturated rings. The molecule has 1 aliphatic rings. The quantitative estimate of drug-likeness (QED) is 0.827. The first-order chi connectivity index (χ1) is 13.3. The minimum absolute atomic E-state index is 0.0486. The molecule has 2 N–H and O–H groups in total. The van der Waals surface area contributed by atoms with E-state index in [1.807, 2.05) is 6.07 Å². The van der Waals surface area contributed by atoms with Gasteiger partial charge in [-0.15, -0.1) is 0 Å². The lowest BCUT2D eigenvalue weighted by atomic mass is 10.0. The molecule has 0 spiro atoms. The monoisotopic (exact) mass is 391 g/mol. The number of urea groups is 1. The summed E-state index contributed by atoms with van der Waals surface area (Å²) in [6.45, 7) is 1.00. The van der Waals surface area contributed by atoms with Crippen LogP contribution in [0.3, 0.4) is 0 Å². The smallest absolute Gasteiger partial charge is 0.338 e. The second-order valence-corrected chi connectivity index (χ2v) is 6.61. The summed E-state index contributed by atoms with van der Waals surface area (Å²) in [4.78, 5) is 26.2. The Morgan fingerprint density at radius 2 is 1.64 bits per heavy atom. The van der Waals surface area contributed by atoms with E-state index in [-0.39, 0.29) is 17.6 Å². The predicted octanol–water partition coefficient (Wildman–Crippen LogP) is 4.13. The molecule has 148 valence electrons. The lowest BCUT2D eigenvalue weighted by Crippen LogP contribution is -2.47. The fourth-order valence-electron chi connectivity index (χ4n) is 3.12. The van der Waals surface area contributed by atoms with Crippen LogP contribution >= 0.6 is 0 Å². The fourth-order valence-corrected chi connectivity index (χ4v) is 3.12. The maximum Gasteiger partial charge on any atom is 0.416 e. The van der Waals surface area contributed by atoms with Crippen LogP contribution in [0, 0.1) is 0 Å². The third-order valence-corrected chi connectivity index (χ3v) is 4.59. The van der Waals surface area contributed by atoms with Gasteiger partial charge in [-0.1, -0.05) is 24.3 Å². The summed E-state index contributed by atoms with van der Waals surface area (Å²) in [5.74, 6) is -0.0486. The molecule has 28 heavy (non-hydrogen) atoms. The Morgan fingerprint density at radius 1 is 0.964 bits per heavy atom. The highest BCUT2D eigenvalue weighted by Crippen LogP contribution is 2.30. The molecular weight excluding hydrogens is 371 g/mol. The molecule has 3 amide bonds. The van der Waals surface area contributed by atoms with E-state index in [1.54, 1.807) is 29.2 Å². The van der Waals surface area contributed by atoms with Gasteiger partial charge >= 0.3 is 12.2 Å². The summed E-state index contributed by atoms with van der Waals surface area (Å²) in [7, 11) is 0. The standard InChI is InChI=1S/C20H20F3N3O2/c21-20(22,23)15-7-4-8-17(13-15)25-19(28)24-16-9-11-26(12-10-16)18(27)14-5-2-1-3-6-14/h1-8,13,16H,9-12H2,(H2,24,25,28). The molecule has 8 heteroatoms. The van der Waals surface area contributed by atoms with Gasteiger partial charge in [-0.2, -0.15) is 13.2 Å². The molecule has 0 aliphatic carbocycles. The van der Waals surface area contributed by atoms with E-state index < -0.39 is 17.8 Å². The summed E-state index contributed by atoms with van der Waals surface area (Å²) in [5.41, 5.74) is -0.127. The summed E-state index contributed by atoms with van der Waals surface area (Å²) in [6, 6.07) is 12.7. The number of hydrogen-bond donors (Lipinski definition) is 2. The highest BCUT2D eigenvalue weighted by molar-refractivity contribution is 5.94. The molecule has 5 nitrogen and oxygen atoms in total. The molecule has 1 heterocycles. The predicted molar refractivity (Wildman–Crippen MR) is 99.0 cm³/mol. The van der Waals surface area contributed by atoms with Crippen molar-refractivity contribution in [2.75, 3.05) is 18.4 Å². The first kappa shape index (κ1) is 19.7. The van der Waals surface area contributed by atoms with Gasteiger partial charge in [-0.05, 0) is 43.2 Å². The highest BCUT2D eigenvalue weighted by Gasteiger charge is 2.30. The number of alkyl halides is 3. The van der Waals surface area contributed by atoms with E-state index in [0.29, 0.717) is 31.5 Å². The van der Waals surface area contributed by atoms with Crippen LogP contribution in [0.4, 0.5) is 23.7 Å². The van der Waals surface area contributed by atoms with Gasteiger partial charge in [-0.25, -0.2) is 4.79 Å². The van der Waals surface area contributed by atoms with Gasteiger partial charge in [0.15, 0.2) is 0 Å². The lowest BCUT2D eigenvalue weighted by molar-refractivity contribution is -0.137. The number of piperidine rings is 1. The van der Waals surface area contributed by atoms with Crippen LogP contribution in [0.25, 0.3) is 0 Å². The van der Waals surface area contributed by atoms with Crippen LogP contribution in [0.1, 0.15) is 28.8 Å². The number of halogens is 3. The summed E-state index contributed by atoms with van der Waals surface area (Å²) >= 11 is 0. The number of amides is 3. The lowest BCUT2D eigenvalue weighted by Gasteiger charge is -2.32. The third kappa shape index (κ3) is 5.03. The van der Waals surface area contributed by atoms with Crippen molar-refractivity contribution in [3.63, 3.8) is 0 Å². The second-order valence-electron chi connectivity index (χ2n) is 6.61. The molecule has 0 atom stereocenters. The fraction of sp³-hybridized carbons (Fsp3) is 0.300. The number of carbonyl (C=O) groups is 2. The van der Waals surface area contributed by atoms with Gasteiger partial charge in [-0.3, -0.25) is 4.79 Å². The van der Waals surface area contributed by atoms with Gasteiger partial charge in [0.25, 0.3) is 5.91 Å². The first-order valence-electron chi connectivity index (χ1n) is 8.92. The van der Waals surface area contributed by atoms with E-state index in [2.05, 4.69) is 10.6 Å². The maximum atomic E-state index is 12.7. The SMILES string of the molecule is O=C(Nc1cccc(C(F)(F)F)c1)NC1CCN(C(=O)c2ccccc2)CC1. The van der Waals surface area contributed by atoms with Crippen LogP contribution in [0.5, 0.6) is 0 Å². The Balaban J connectivity index is 1.50. The van der Waals surface area contributed by atoms with Crippen LogP contribution in [0.15, 0.2) is 54.6 Å². The zero-order valence-electron chi connectivity index (χ0n) is 15.0. The summed E-state index contributed by atoms with van der Waals surface area (Å²) in [6.07, 6.45) is -3.31. The molecule has 2 aromatic rings. The number of anilines is 1. The number of benzene rings is 2. The van der Waals surface area contributed by atoms with E-state index in [9.17, 15) is 22.8 Å². The number of rotatable bonds is 3. The number of carbonyl (C=O) groups excluding carboxylic acids is 2. The molecule has 0 aromatic heterocycles. The maximum absolute atomic E-state index is 12.7. The molecule has 3 rings (SSSR count). The third-order valence-electron chi connectivity index (χ3n) is 4.59. The van der Waals surface area contributed by atoms with Crippen LogP contribution in [0.2, 0.25) is 0 Å². The Morgan fingerprint density at radius 3 is 2.29 bits per heavy atom. The Hall–Kier alpha value is -3.03. The van der Waals surface area contributed by atoms with Crippen molar-refractivity contribution in [2.24, 2.45) is 0 Å². The van der Waals surface area contributed by atoms with Gasteiger partial charge in [0, 0.05) is 30.4 Å². The largest absolute Gasteiger partial charge is 0.416 e. The number of nitrogens with one attached hydrogen (secondary N) is 2. The van der Waals surface area contributed by atoms with Crippen molar-refractivity contribution in [1.82, 2.24) is 10.2 Å². The average molecular weight is 391 g/mol. The summed E-state index contributed by atoms with van der Waals surface area (Å²) < 4.78 is 38.2. The molecule has 0 radical (unpaired) electrons. The zero-order chi connectivity index (χ0) is 20.1. The van der Waals surface area contributed by atoms with Crippen LogP contribution in [-0.2, 0) is 6.18 Å². The first-order valence-corrected chi connectivity index (χ1v) is 8.92. The topological polar surface area (TPSA) is 61.4 Å². The van der Waals surface area contributed by atoms with E-state index in [0.717, 1.165) is 12.1 Å².